The summed E-state index contributed by atoms with van der Waals surface area (Å²) in [4.78, 5) is 4.65. The molecule has 1 rings (SSSR count). The molecule has 0 heterocycles. The zero-order valence-corrected chi connectivity index (χ0v) is 13.5. The quantitative estimate of drug-likeness (QED) is 0.365. The summed E-state index contributed by atoms with van der Waals surface area (Å²) in [6.45, 7) is 8.14. The van der Waals surface area contributed by atoms with E-state index in [0.717, 1.165) is 38.3 Å². The molecule has 20 heavy (non-hydrogen) atoms. The maximum atomic E-state index is 9.85. The van der Waals surface area contributed by atoms with Gasteiger partial charge in [-0.2, -0.15) is 0 Å². The van der Waals surface area contributed by atoms with Gasteiger partial charge in [0.1, 0.15) is 0 Å². The van der Waals surface area contributed by atoms with Crippen molar-refractivity contribution in [3.63, 3.8) is 0 Å². The first-order chi connectivity index (χ1) is 9.67. The lowest BCUT2D eigenvalue weighted by Gasteiger charge is -2.19. The standard InChI is InChI=1S/C16H33N3O/c1-4-6-7-9-13(3)19-16(17-5-2)18-12-14-10-8-11-15(14)20/h13-15,20H,4-12H2,1-3H3,(H2,17,18,19). The summed E-state index contributed by atoms with van der Waals surface area (Å²) in [5, 5.41) is 16.6. The van der Waals surface area contributed by atoms with Gasteiger partial charge in [0.15, 0.2) is 5.96 Å². The first-order valence-corrected chi connectivity index (χ1v) is 8.40. The lowest BCUT2D eigenvalue weighted by atomic mass is 10.1. The van der Waals surface area contributed by atoms with Gasteiger partial charge in [0, 0.05) is 25.0 Å². The van der Waals surface area contributed by atoms with Crippen molar-refractivity contribution in [3.05, 3.63) is 0 Å². The molecule has 0 spiro atoms. The van der Waals surface area contributed by atoms with Crippen molar-refractivity contribution >= 4 is 5.96 Å². The summed E-state index contributed by atoms with van der Waals surface area (Å²) in [7, 11) is 0. The number of aliphatic imine (C=N–C) groups is 1. The third kappa shape index (κ3) is 6.60. The van der Waals surface area contributed by atoms with Gasteiger partial charge < -0.3 is 15.7 Å². The van der Waals surface area contributed by atoms with Crippen LogP contribution in [-0.4, -0.2) is 36.3 Å². The predicted molar refractivity (Wildman–Crippen MR) is 86.1 cm³/mol. The van der Waals surface area contributed by atoms with Crippen LogP contribution < -0.4 is 10.6 Å². The Kier molecular flexibility index (Phi) is 8.67. The first-order valence-electron chi connectivity index (χ1n) is 8.40. The molecule has 0 aliphatic heterocycles. The fourth-order valence-corrected chi connectivity index (χ4v) is 2.76. The van der Waals surface area contributed by atoms with Crippen LogP contribution in [0.5, 0.6) is 0 Å². The van der Waals surface area contributed by atoms with Crippen molar-refractivity contribution in [1.82, 2.24) is 10.6 Å². The summed E-state index contributed by atoms with van der Waals surface area (Å²) in [5.41, 5.74) is 0. The second kappa shape index (κ2) is 10.0. The molecule has 0 radical (unpaired) electrons. The molecule has 4 nitrogen and oxygen atoms in total. The second-order valence-electron chi connectivity index (χ2n) is 6.02. The number of nitrogens with one attached hydrogen (secondary N) is 2. The van der Waals surface area contributed by atoms with E-state index in [4.69, 9.17) is 0 Å². The van der Waals surface area contributed by atoms with E-state index in [1.807, 2.05) is 0 Å². The van der Waals surface area contributed by atoms with E-state index in [0.29, 0.717) is 12.0 Å². The van der Waals surface area contributed by atoms with Crippen LogP contribution in [0.15, 0.2) is 4.99 Å². The van der Waals surface area contributed by atoms with Crippen LogP contribution in [0.2, 0.25) is 0 Å². The lowest BCUT2D eigenvalue weighted by molar-refractivity contribution is 0.136. The van der Waals surface area contributed by atoms with Gasteiger partial charge in [-0.25, -0.2) is 0 Å². The Bertz CT molecular complexity index is 281. The molecule has 0 saturated heterocycles. The number of aliphatic hydroxyl groups excluding tert-OH is 1. The average Bonchev–Trinajstić information content (AvgIpc) is 2.82. The van der Waals surface area contributed by atoms with E-state index in [9.17, 15) is 5.11 Å². The summed E-state index contributed by atoms with van der Waals surface area (Å²) < 4.78 is 0. The van der Waals surface area contributed by atoms with Gasteiger partial charge >= 0.3 is 0 Å². The van der Waals surface area contributed by atoms with Crippen LogP contribution >= 0.6 is 0 Å². The molecule has 3 N–H and O–H groups in total. The highest BCUT2D eigenvalue weighted by Crippen LogP contribution is 2.25. The van der Waals surface area contributed by atoms with Gasteiger partial charge in [-0.1, -0.05) is 32.6 Å². The monoisotopic (exact) mass is 283 g/mol. The normalized spacial score (nSPS) is 24.7. The van der Waals surface area contributed by atoms with E-state index in [2.05, 4.69) is 36.4 Å². The van der Waals surface area contributed by atoms with E-state index in [1.165, 1.54) is 25.7 Å². The highest BCUT2D eigenvalue weighted by atomic mass is 16.3. The van der Waals surface area contributed by atoms with Gasteiger partial charge in [0.25, 0.3) is 0 Å². The fraction of sp³-hybridized carbons (Fsp3) is 0.938. The molecule has 118 valence electrons. The van der Waals surface area contributed by atoms with Gasteiger partial charge in [-0.05, 0) is 33.1 Å². The van der Waals surface area contributed by atoms with Crippen molar-refractivity contribution in [2.45, 2.75) is 77.9 Å². The third-order valence-corrected chi connectivity index (χ3v) is 4.07. The van der Waals surface area contributed by atoms with Crippen LogP contribution in [0.1, 0.15) is 65.7 Å². The largest absolute Gasteiger partial charge is 0.393 e. The smallest absolute Gasteiger partial charge is 0.191 e. The number of rotatable bonds is 8. The van der Waals surface area contributed by atoms with Crippen molar-refractivity contribution in [3.8, 4) is 0 Å². The van der Waals surface area contributed by atoms with Gasteiger partial charge in [-0.15, -0.1) is 0 Å². The van der Waals surface area contributed by atoms with Gasteiger partial charge in [-0.3, -0.25) is 4.99 Å². The Balaban J connectivity index is 2.37. The lowest BCUT2D eigenvalue weighted by Crippen LogP contribution is -2.42. The summed E-state index contributed by atoms with van der Waals surface area (Å²) in [5.74, 6) is 1.25. The van der Waals surface area contributed by atoms with Gasteiger partial charge in [0.2, 0.25) is 0 Å². The van der Waals surface area contributed by atoms with Crippen LogP contribution in [0.25, 0.3) is 0 Å². The van der Waals surface area contributed by atoms with Crippen molar-refractivity contribution in [2.24, 2.45) is 10.9 Å². The molecular weight excluding hydrogens is 250 g/mol. The minimum Gasteiger partial charge on any atom is -0.393 e. The molecule has 0 aromatic heterocycles. The highest BCUT2D eigenvalue weighted by molar-refractivity contribution is 5.80. The number of aliphatic hydroxyl groups is 1. The minimum atomic E-state index is -0.149. The van der Waals surface area contributed by atoms with Crippen LogP contribution in [0.3, 0.4) is 0 Å². The number of nitrogens with zero attached hydrogens (tertiary/aromatic N) is 1. The molecule has 0 aromatic carbocycles. The van der Waals surface area contributed by atoms with Crippen molar-refractivity contribution in [1.29, 1.82) is 0 Å². The van der Waals surface area contributed by atoms with E-state index in [-0.39, 0.29) is 6.10 Å². The van der Waals surface area contributed by atoms with E-state index >= 15 is 0 Å². The molecule has 0 aromatic rings. The number of guanidine groups is 1. The van der Waals surface area contributed by atoms with Crippen LogP contribution in [-0.2, 0) is 0 Å². The fourth-order valence-electron chi connectivity index (χ4n) is 2.76. The maximum Gasteiger partial charge on any atom is 0.191 e. The zero-order chi connectivity index (χ0) is 14.8. The Morgan fingerprint density at radius 3 is 2.70 bits per heavy atom. The first kappa shape index (κ1) is 17.3. The zero-order valence-electron chi connectivity index (χ0n) is 13.5. The third-order valence-electron chi connectivity index (χ3n) is 4.07. The van der Waals surface area contributed by atoms with E-state index in [1.54, 1.807) is 0 Å². The molecular formula is C16H33N3O. The number of hydrogen-bond acceptors (Lipinski definition) is 2. The SMILES string of the molecule is CCCCCC(C)NC(=NCC1CCCC1O)NCC. The minimum absolute atomic E-state index is 0.149. The highest BCUT2D eigenvalue weighted by Gasteiger charge is 2.24. The summed E-state index contributed by atoms with van der Waals surface area (Å²) >= 11 is 0. The van der Waals surface area contributed by atoms with Crippen LogP contribution in [0.4, 0.5) is 0 Å². The Labute approximate surface area is 124 Å². The summed E-state index contributed by atoms with van der Waals surface area (Å²) in [6, 6.07) is 0.452. The molecule has 4 heteroatoms. The predicted octanol–water partition coefficient (Wildman–Crippen LogP) is 2.67. The van der Waals surface area contributed by atoms with Crippen LogP contribution in [0, 0.1) is 5.92 Å². The van der Waals surface area contributed by atoms with Crippen molar-refractivity contribution in [2.75, 3.05) is 13.1 Å². The van der Waals surface area contributed by atoms with E-state index < -0.39 is 0 Å². The average molecular weight is 283 g/mol. The Morgan fingerprint density at radius 2 is 2.10 bits per heavy atom. The van der Waals surface area contributed by atoms with Crippen molar-refractivity contribution < 1.29 is 5.11 Å². The number of unbranched alkanes of at least 4 members (excludes halogenated alkanes) is 2. The maximum absolute atomic E-state index is 9.85. The Morgan fingerprint density at radius 1 is 1.30 bits per heavy atom. The molecule has 1 aliphatic rings. The molecule has 1 fully saturated rings. The molecule has 0 bridgehead atoms. The molecule has 0 amide bonds. The number of hydrogen-bond donors (Lipinski definition) is 3. The molecule has 1 saturated carbocycles. The topological polar surface area (TPSA) is 56.7 Å². The second-order valence-corrected chi connectivity index (χ2v) is 6.02. The molecule has 3 atom stereocenters. The Hall–Kier alpha value is -0.770. The summed E-state index contributed by atoms with van der Waals surface area (Å²) in [6.07, 6.45) is 8.06. The molecule has 1 aliphatic carbocycles. The molecule has 3 unspecified atom stereocenters. The van der Waals surface area contributed by atoms with Gasteiger partial charge in [0.05, 0.1) is 6.10 Å².